The van der Waals surface area contributed by atoms with E-state index in [9.17, 15) is 4.79 Å². The van der Waals surface area contributed by atoms with Crippen LogP contribution in [0.3, 0.4) is 0 Å². The molecule has 2 fully saturated rings. The standard InChI is InChI=1S/C24H26N4O/c29-23-9-12-24(18-28(23)16-19-6-3-4-13-25-19)11-5-15-27(17-24)22-10-14-26-21-8-2-1-7-20(21)22/h1-4,6-8,10,13-14H,5,9,11-12,15-18H2/t24-/m0/s1. The van der Waals surface area contributed by atoms with E-state index in [0.29, 0.717) is 13.0 Å². The second kappa shape index (κ2) is 7.47. The fourth-order valence-corrected chi connectivity index (χ4v) is 5.04. The minimum Gasteiger partial charge on any atom is -0.370 e. The maximum absolute atomic E-state index is 12.6. The molecule has 5 nitrogen and oxygen atoms in total. The summed E-state index contributed by atoms with van der Waals surface area (Å²) in [6.07, 6.45) is 7.66. The van der Waals surface area contributed by atoms with Gasteiger partial charge in [-0.1, -0.05) is 24.3 Å². The molecule has 0 unspecified atom stereocenters. The van der Waals surface area contributed by atoms with Gasteiger partial charge in [-0.15, -0.1) is 0 Å². The lowest BCUT2D eigenvalue weighted by Gasteiger charge is -2.49. The Bertz CT molecular complexity index is 1020. The molecule has 0 saturated carbocycles. The van der Waals surface area contributed by atoms with E-state index in [4.69, 9.17) is 0 Å². The molecule has 1 amide bonds. The van der Waals surface area contributed by atoms with Crippen molar-refractivity contribution in [2.24, 2.45) is 5.41 Å². The minimum atomic E-state index is 0.158. The lowest BCUT2D eigenvalue weighted by molar-refractivity contribution is -0.138. The molecular formula is C24H26N4O. The molecule has 1 atom stereocenters. The first-order valence-electron chi connectivity index (χ1n) is 10.5. The molecule has 148 valence electrons. The van der Waals surface area contributed by atoms with E-state index in [-0.39, 0.29) is 11.3 Å². The summed E-state index contributed by atoms with van der Waals surface area (Å²) in [5.74, 6) is 0.257. The van der Waals surface area contributed by atoms with E-state index in [2.05, 4.69) is 39.1 Å². The Balaban J connectivity index is 1.39. The Labute approximate surface area is 171 Å². The first-order valence-corrected chi connectivity index (χ1v) is 10.5. The van der Waals surface area contributed by atoms with Crippen molar-refractivity contribution in [2.45, 2.75) is 32.2 Å². The lowest BCUT2D eigenvalue weighted by Crippen LogP contribution is -2.54. The second-order valence-corrected chi connectivity index (χ2v) is 8.44. The number of para-hydroxylation sites is 1. The van der Waals surface area contributed by atoms with Crippen LogP contribution in [-0.4, -0.2) is 40.4 Å². The van der Waals surface area contributed by atoms with Crippen LogP contribution < -0.4 is 4.90 Å². The molecule has 5 heteroatoms. The smallest absolute Gasteiger partial charge is 0.222 e. The van der Waals surface area contributed by atoms with Crippen LogP contribution in [0.1, 0.15) is 31.4 Å². The van der Waals surface area contributed by atoms with E-state index in [1.54, 1.807) is 6.20 Å². The summed E-state index contributed by atoms with van der Waals surface area (Å²) in [7, 11) is 0. The molecule has 29 heavy (non-hydrogen) atoms. The van der Waals surface area contributed by atoms with Crippen LogP contribution in [0.2, 0.25) is 0 Å². The number of amides is 1. The summed E-state index contributed by atoms with van der Waals surface area (Å²) in [6, 6.07) is 16.4. The highest BCUT2D eigenvalue weighted by atomic mass is 16.2. The summed E-state index contributed by atoms with van der Waals surface area (Å²) in [5.41, 5.74) is 3.43. The monoisotopic (exact) mass is 386 g/mol. The number of carbonyl (C=O) groups is 1. The van der Waals surface area contributed by atoms with Gasteiger partial charge in [0.05, 0.1) is 17.8 Å². The Morgan fingerprint density at radius 2 is 1.83 bits per heavy atom. The number of rotatable bonds is 3. The highest BCUT2D eigenvalue weighted by Crippen LogP contribution is 2.41. The number of nitrogens with zero attached hydrogens (tertiary/aromatic N) is 4. The third-order valence-corrected chi connectivity index (χ3v) is 6.46. The second-order valence-electron chi connectivity index (χ2n) is 8.44. The maximum atomic E-state index is 12.6. The van der Waals surface area contributed by atoms with Crippen LogP contribution in [0.25, 0.3) is 10.9 Å². The zero-order valence-corrected chi connectivity index (χ0v) is 16.6. The Morgan fingerprint density at radius 1 is 0.931 bits per heavy atom. The van der Waals surface area contributed by atoms with Crippen molar-refractivity contribution in [3.8, 4) is 0 Å². The van der Waals surface area contributed by atoms with E-state index in [0.717, 1.165) is 43.7 Å². The lowest BCUT2D eigenvalue weighted by atomic mass is 9.73. The molecule has 5 rings (SSSR count). The van der Waals surface area contributed by atoms with Gasteiger partial charge in [0, 0.05) is 54.9 Å². The zero-order chi connectivity index (χ0) is 19.7. The van der Waals surface area contributed by atoms with Crippen LogP contribution in [0, 0.1) is 5.41 Å². The van der Waals surface area contributed by atoms with Crippen molar-refractivity contribution < 1.29 is 4.79 Å². The number of pyridine rings is 2. The van der Waals surface area contributed by atoms with Gasteiger partial charge < -0.3 is 9.80 Å². The number of fused-ring (bicyclic) bond motifs is 1. The average Bonchev–Trinajstić information content (AvgIpc) is 2.77. The Kier molecular flexibility index (Phi) is 4.66. The van der Waals surface area contributed by atoms with Crippen LogP contribution in [0.15, 0.2) is 60.9 Å². The molecule has 1 aromatic carbocycles. The van der Waals surface area contributed by atoms with E-state index < -0.39 is 0 Å². The van der Waals surface area contributed by atoms with Crippen molar-refractivity contribution in [3.63, 3.8) is 0 Å². The molecular weight excluding hydrogens is 360 g/mol. The molecule has 2 aromatic heterocycles. The van der Waals surface area contributed by atoms with Gasteiger partial charge >= 0.3 is 0 Å². The third-order valence-electron chi connectivity index (χ3n) is 6.46. The first-order chi connectivity index (χ1) is 14.2. The van der Waals surface area contributed by atoms with E-state index in [1.807, 2.05) is 35.4 Å². The van der Waals surface area contributed by atoms with Crippen LogP contribution in [-0.2, 0) is 11.3 Å². The number of hydrogen-bond acceptors (Lipinski definition) is 4. The van der Waals surface area contributed by atoms with Crippen molar-refractivity contribution in [2.75, 3.05) is 24.5 Å². The van der Waals surface area contributed by atoms with Gasteiger partial charge in [0.1, 0.15) is 0 Å². The van der Waals surface area contributed by atoms with Crippen molar-refractivity contribution in [1.82, 2.24) is 14.9 Å². The number of likely N-dealkylation sites (tertiary alicyclic amines) is 1. The maximum Gasteiger partial charge on any atom is 0.222 e. The number of aromatic nitrogens is 2. The van der Waals surface area contributed by atoms with Crippen molar-refractivity contribution in [3.05, 3.63) is 66.6 Å². The van der Waals surface area contributed by atoms with Gasteiger partial charge in [-0.05, 0) is 43.5 Å². The molecule has 0 aliphatic carbocycles. The van der Waals surface area contributed by atoms with Crippen molar-refractivity contribution in [1.29, 1.82) is 0 Å². The van der Waals surface area contributed by atoms with Crippen LogP contribution in [0.4, 0.5) is 5.69 Å². The van der Waals surface area contributed by atoms with Gasteiger partial charge in [-0.25, -0.2) is 0 Å². The summed E-state index contributed by atoms with van der Waals surface area (Å²) in [6.45, 7) is 3.48. The summed E-state index contributed by atoms with van der Waals surface area (Å²) >= 11 is 0. The topological polar surface area (TPSA) is 49.3 Å². The molecule has 3 aromatic rings. The SMILES string of the molecule is O=C1CC[C@]2(CCCN(c3ccnc4ccccc34)C2)CN1Cc1ccccn1. The molecule has 4 heterocycles. The van der Waals surface area contributed by atoms with E-state index >= 15 is 0 Å². The predicted octanol–water partition coefficient (Wildman–Crippen LogP) is 4.04. The molecule has 1 spiro atoms. The van der Waals surface area contributed by atoms with Gasteiger partial charge in [-0.3, -0.25) is 14.8 Å². The summed E-state index contributed by atoms with van der Waals surface area (Å²) in [5, 5.41) is 1.21. The number of benzene rings is 1. The van der Waals surface area contributed by atoms with E-state index in [1.165, 1.54) is 17.5 Å². The van der Waals surface area contributed by atoms with Gasteiger partial charge in [0.25, 0.3) is 0 Å². The highest BCUT2D eigenvalue weighted by Gasteiger charge is 2.42. The molecule has 2 saturated heterocycles. The number of hydrogen-bond donors (Lipinski definition) is 0. The normalized spacial score (nSPS) is 22.4. The first kappa shape index (κ1) is 18.1. The predicted molar refractivity (Wildman–Crippen MR) is 115 cm³/mol. The molecule has 0 radical (unpaired) electrons. The summed E-state index contributed by atoms with van der Waals surface area (Å²) < 4.78 is 0. The summed E-state index contributed by atoms with van der Waals surface area (Å²) in [4.78, 5) is 26.1. The molecule has 2 aliphatic rings. The molecule has 0 bridgehead atoms. The highest BCUT2D eigenvalue weighted by molar-refractivity contribution is 5.91. The fourth-order valence-electron chi connectivity index (χ4n) is 5.04. The third kappa shape index (κ3) is 3.57. The van der Waals surface area contributed by atoms with Crippen molar-refractivity contribution >= 4 is 22.5 Å². The largest absolute Gasteiger partial charge is 0.370 e. The zero-order valence-electron chi connectivity index (χ0n) is 16.6. The molecule has 0 N–H and O–H groups in total. The Hall–Kier alpha value is -2.95. The van der Waals surface area contributed by atoms with Gasteiger partial charge in [-0.2, -0.15) is 0 Å². The number of anilines is 1. The molecule has 2 aliphatic heterocycles. The number of piperidine rings is 2. The Morgan fingerprint density at radius 3 is 2.72 bits per heavy atom. The van der Waals surface area contributed by atoms with Crippen LogP contribution in [0.5, 0.6) is 0 Å². The average molecular weight is 386 g/mol. The van der Waals surface area contributed by atoms with Gasteiger partial charge in [0.2, 0.25) is 5.91 Å². The number of carbonyl (C=O) groups excluding carboxylic acids is 1. The fraction of sp³-hybridized carbons (Fsp3) is 0.375. The quantitative estimate of drug-likeness (QED) is 0.682. The van der Waals surface area contributed by atoms with Gasteiger partial charge in [0.15, 0.2) is 0 Å². The van der Waals surface area contributed by atoms with Crippen LogP contribution >= 0.6 is 0 Å². The minimum absolute atomic E-state index is 0.158.